The van der Waals surface area contributed by atoms with Crippen molar-refractivity contribution in [2.24, 2.45) is 0 Å². The number of hydrogen-bond acceptors (Lipinski definition) is 7. The Kier molecular flexibility index (Phi) is 7.38. The molecule has 11 nitrogen and oxygen atoms in total. The predicted octanol–water partition coefficient (Wildman–Crippen LogP) is 2.76. The van der Waals surface area contributed by atoms with E-state index >= 15 is 0 Å². The molecule has 0 unspecified atom stereocenters. The summed E-state index contributed by atoms with van der Waals surface area (Å²) in [4.78, 5) is 42.6. The number of carbonyl (C=O) groups is 3. The zero-order chi connectivity index (χ0) is 28.5. The van der Waals surface area contributed by atoms with E-state index < -0.39 is 40.5 Å². The fourth-order valence-electron chi connectivity index (χ4n) is 4.63. The number of urea groups is 2. The number of alkyl halides is 1. The Morgan fingerprint density at radius 1 is 1.15 bits per heavy atom. The van der Waals surface area contributed by atoms with Crippen molar-refractivity contribution in [3.05, 3.63) is 70.4 Å². The second kappa shape index (κ2) is 10.6. The summed E-state index contributed by atoms with van der Waals surface area (Å²) in [5.41, 5.74) is 0.392. The lowest BCUT2D eigenvalue weighted by Gasteiger charge is -2.43. The van der Waals surface area contributed by atoms with Crippen LogP contribution < -0.4 is 10.2 Å². The van der Waals surface area contributed by atoms with Gasteiger partial charge in [-0.25, -0.2) is 27.3 Å². The maximum atomic E-state index is 14.1. The molecule has 200 valence electrons. The topological polar surface area (TPSA) is 155 Å². The molecule has 1 saturated heterocycles. The van der Waals surface area contributed by atoms with Gasteiger partial charge in [-0.3, -0.25) is 9.69 Å². The fraction of sp³-hybridized carbons (Fsp3) is 0.269. The molecule has 1 fully saturated rings. The third kappa shape index (κ3) is 5.04. The summed E-state index contributed by atoms with van der Waals surface area (Å²) in [5, 5.41) is 22.2. The van der Waals surface area contributed by atoms with Crippen LogP contribution in [0.3, 0.4) is 0 Å². The Morgan fingerprint density at radius 2 is 1.90 bits per heavy atom. The van der Waals surface area contributed by atoms with Gasteiger partial charge in [-0.2, -0.15) is 10.5 Å². The maximum Gasteiger partial charge on any atom is 0.337 e. The van der Waals surface area contributed by atoms with Gasteiger partial charge in [0, 0.05) is 25.0 Å². The minimum absolute atomic E-state index is 0.0239. The fourth-order valence-corrected chi connectivity index (χ4v) is 5.57. The normalized spacial score (nSPS) is 18.0. The van der Waals surface area contributed by atoms with Crippen LogP contribution in [0.15, 0.2) is 58.6 Å². The number of amides is 5. The Bertz CT molecular complexity index is 1610. The number of nitrogens with zero attached hydrogens (tertiary/aromatic N) is 5. The summed E-state index contributed by atoms with van der Waals surface area (Å²) in [6.45, 7) is 0.482. The van der Waals surface area contributed by atoms with Gasteiger partial charge in [0.2, 0.25) is 5.91 Å². The molecule has 0 radical (unpaired) electrons. The number of piperazine rings is 1. The van der Waals surface area contributed by atoms with Crippen LogP contribution in [0.4, 0.5) is 19.7 Å². The highest BCUT2D eigenvalue weighted by molar-refractivity contribution is 7.90. The summed E-state index contributed by atoms with van der Waals surface area (Å²) in [7, 11) is -4.00. The quantitative estimate of drug-likeness (QED) is 0.614. The van der Waals surface area contributed by atoms with E-state index in [1.54, 1.807) is 0 Å². The minimum atomic E-state index is -4.00. The Hall–Kier alpha value is -4.75. The SMILES string of the molecule is CC1=C(C#N)[C@@H](c2ccc(C#N)cc2S(C)(=O)=O)N(C(=O)N2CCNC(=O)C2)C(=O)N1c1cccc(CF)c1. The van der Waals surface area contributed by atoms with Crippen molar-refractivity contribution in [3.63, 3.8) is 0 Å². The van der Waals surface area contributed by atoms with Crippen LogP contribution in [0.5, 0.6) is 0 Å². The number of benzene rings is 2. The molecule has 13 heteroatoms. The molecule has 0 saturated carbocycles. The van der Waals surface area contributed by atoms with Gasteiger partial charge in [0.15, 0.2) is 9.84 Å². The molecular weight excluding hydrogens is 527 g/mol. The molecule has 1 N–H and O–H groups in total. The van der Waals surface area contributed by atoms with Crippen LogP contribution in [0, 0.1) is 22.7 Å². The summed E-state index contributed by atoms with van der Waals surface area (Å²) < 4.78 is 39.0. The van der Waals surface area contributed by atoms with Crippen LogP contribution in [0.25, 0.3) is 0 Å². The lowest BCUT2D eigenvalue weighted by Crippen LogP contribution is -2.59. The van der Waals surface area contributed by atoms with E-state index in [-0.39, 0.29) is 58.2 Å². The van der Waals surface area contributed by atoms with Crippen LogP contribution >= 0.6 is 0 Å². The largest absolute Gasteiger partial charge is 0.353 e. The van der Waals surface area contributed by atoms with Crippen molar-refractivity contribution in [2.75, 3.05) is 30.8 Å². The van der Waals surface area contributed by atoms with Gasteiger partial charge in [0.1, 0.15) is 19.3 Å². The molecule has 2 aromatic rings. The van der Waals surface area contributed by atoms with Gasteiger partial charge in [-0.15, -0.1) is 0 Å². The van der Waals surface area contributed by atoms with Crippen molar-refractivity contribution in [1.82, 2.24) is 15.1 Å². The van der Waals surface area contributed by atoms with Gasteiger partial charge in [-0.05, 0) is 42.3 Å². The van der Waals surface area contributed by atoms with Crippen LogP contribution in [0.2, 0.25) is 0 Å². The first-order valence-electron chi connectivity index (χ1n) is 11.7. The van der Waals surface area contributed by atoms with Crippen molar-refractivity contribution < 1.29 is 27.2 Å². The van der Waals surface area contributed by atoms with Gasteiger partial charge in [0.25, 0.3) is 0 Å². The number of nitrogens with one attached hydrogen (secondary N) is 1. The molecular formula is C26H23FN6O5S. The molecule has 0 spiro atoms. The van der Waals surface area contributed by atoms with Crippen LogP contribution in [-0.2, 0) is 21.3 Å². The lowest BCUT2D eigenvalue weighted by atomic mass is 9.93. The van der Waals surface area contributed by atoms with Gasteiger partial charge >= 0.3 is 12.1 Å². The second-order valence-corrected chi connectivity index (χ2v) is 11.0. The van der Waals surface area contributed by atoms with E-state index in [1.807, 2.05) is 12.1 Å². The molecule has 4 rings (SSSR count). The van der Waals surface area contributed by atoms with Crippen LogP contribution in [-0.4, -0.2) is 62.1 Å². The molecule has 2 aromatic carbocycles. The number of carbonyl (C=O) groups excluding carboxylic acids is 3. The number of halogens is 1. The molecule has 0 aliphatic carbocycles. The third-order valence-corrected chi connectivity index (χ3v) is 7.60. The van der Waals surface area contributed by atoms with E-state index in [1.165, 1.54) is 43.3 Å². The summed E-state index contributed by atoms with van der Waals surface area (Å²) in [6.07, 6.45) is 0.913. The number of sulfone groups is 1. The molecule has 0 aromatic heterocycles. The Labute approximate surface area is 224 Å². The van der Waals surface area contributed by atoms with Gasteiger partial charge in [0.05, 0.1) is 33.9 Å². The summed E-state index contributed by atoms with van der Waals surface area (Å²) >= 11 is 0. The van der Waals surface area contributed by atoms with E-state index in [2.05, 4.69) is 5.32 Å². The zero-order valence-corrected chi connectivity index (χ0v) is 21.8. The van der Waals surface area contributed by atoms with E-state index in [0.29, 0.717) is 0 Å². The second-order valence-electron chi connectivity index (χ2n) is 9.00. The summed E-state index contributed by atoms with van der Waals surface area (Å²) in [5.74, 6) is -0.453. The first-order valence-corrected chi connectivity index (χ1v) is 13.6. The van der Waals surface area contributed by atoms with Crippen molar-refractivity contribution in [3.8, 4) is 12.1 Å². The number of rotatable bonds is 4. The minimum Gasteiger partial charge on any atom is -0.353 e. The van der Waals surface area contributed by atoms with E-state index in [9.17, 15) is 37.7 Å². The first kappa shape index (κ1) is 27.3. The van der Waals surface area contributed by atoms with Crippen molar-refractivity contribution in [1.29, 1.82) is 10.5 Å². The average Bonchev–Trinajstić information content (AvgIpc) is 2.91. The molecule has 0 bridgehead atoms. The highest BCUT2D eigenvalue weighted by Gasteiger charge is 2.46. The van der Waals surface area contributed by atoms with Crippen molar-refractivity contribution in [2.45, 2.75) is 24.5 Å². The molecule has 2 aliphatic rings. The monoisotopic (exact) mass is 550 g/mol. The molecule has 1 atom stereocenters. The average molecular weight is 551 g/mol. The Morgan fingerprint density at radius 3 is 2.51 bits per heavy atom. The first-order chi connectivity index (χ1) is 18.5. The van der Waals surface area contributed by atoms with E-state index in [4.69, 9.17) is 0 Å². The van der Waals surface area contributed by atoms with Crippen molar-refractivity contribution >= 4 is 33.5 Å². The lowest BCUT2D eigenvalue weighted by molar-refractivity contribution is -0.123. The standard InChI is InChI=1S/C26H23FN6O5S/c1-16-21(14-29)24(20-7-6-18(13-28)11-22(20)39(2,37)38)33(25(35)31-9-8-30-23(34)15-31)26(36)32(16)19-5-3-4-17(10-19)12-27/h3-7,10-11,24H,8-9,12,15H2,1-2H3,(H,30,34)/t24-/m1/s1. The summed E-state index contributed by atoms with van der Waals surface area (Å²) in [6, 6.07) is 10.2. The van der Waals surface area contributed by atoms with Gasteiger partial charge in [-0.1, -0.05) is 18.2 Å². The third-order valence-electron chi connectivity index (χ3n) is 6.45. The number of hydrogen-bond donors (Lipinski definition) is 1. The number of nitriles is 2. The molecule has 39 heavy (non-hydrogen) atoms. The number of imide groups is 1. The Balaban J connectivity index is 2.00. The zero-order valence-electron chi connectivity index (χ0n) is 21.0. The molecule has 2 aliphatic heterocycles. The maximum absolute atomic E-state index is 14.1. The highest BCUT2D eigenvalue weighted by atomic mass is 32.2. The molecule has 2 heterocycles. The van der Waals surface area contributed by atoms with E-state index in [0.717, 1.165) is 27.0 Å². The highest BCUT2D eigenvalue weighted by Crippen LogP contribution is 2.42. The molecule has 5 amide bonds. The van der Waals surface area contributed by atoms with Gasteiger partial charge < -0.3 is 10.2 Å². The smallest absolute Gasteiger partial charge is 0.337 e. The predicted molar refractivity (Wildman–Crippen MR) is 136 cm³/mol. The van der Waals surface area contributed by atoms with Crippen LogP contribution in [0.1, 0.15) is 29.7 Å². The number of allylic oxidation sites excluding steroid dienone is 1. The number of anilines is 1.